The number of aromatic nitrogens is 4. The SMILES string of the molecule is Nc1nc2c(ncn2[C@@H]2CNC[C@@H]2OCP(=O)(O)O)c(=O)[nH]1. The van der Waals surface area contributed by atoms with Gasteiger partial charge in [-0.15, -0.1) is 0 Å². The van der Waals surface area contributed by atoms with Crippen LogP contribution < -0.4 is 16.6 Å². The van der Waals surface area contributed by atoms with Crippen molar-refractivity contribution in [3.63, 3.8) is 0 Å². The Balaban J connectivity index is 1.93. The topological polar surface area (TPSA) is 168 Å². The highest BCUT2D eigenvalue weighted by Crippen LogP contribution is 2.36. The van der Waals surface area contributed by atoms with Crippen LogP contribution in [0.1, 0.15) is 6.04 Å². The molecule has 2 aromatic heterocycles. The minimum absolute atomic E-state index is 0.0297. The first kappa shape index (κ1) is 15.1. The second-order valence-corrected chi connectivity index (χ2v) is 6.59. The molecule has 0 aromatic carbocycles. The number of anilines is 1. The van der Waals surface area contributed by atoms with Gasteiger partial charge in [0, 0.05) is 13.1 Å². The molecule has 120 valence electrons. The molecule has 11 nitrogen and oxygen atoms in total. The Morgan fingerprint density at radius 2 is 2.27 bits per heavy atom. The number of rotatable bonds is 4. The van der Waals surface area contributed by atoms with Gasteiger partial charge in [0.2, 0.25) is 5.95 Å². The van der Waals surface area contributed by atoms with Crippen molar-refractivity contribution in [2.75, 3.05) is 25.2 Å². The number of fused-ring (bicyclic) bond motifs is 1. The summed E-state index contributed by atoms with van der Waals surface area (Å²) in [5.74, 6) is -0.0297. The summed E-state index contributed by atoms with van der Waals surface area (Å²) in [6.07, 6.45) is 0.295. The molecule has 0 amide bonds. The van der Waals surface area contributed by atoms with E-state index in [1.54, 1.807) is 4.57 Å². The zero-order chi connectivity index (χ0) is 15.9. The number of nitrogens with zero attached hydrogens (tertiary/aromatic N) is 3. The molecular weight excluding hydrogens is 315 g/mol. The van der Waals surface area contributed by atoms with E-state index in [2.05, 4.69) is 20.3 Å². The van der Waals surface area contributed by atoms with Gasteiger partial charge >= 0.3 is 7.60 Å². The minimum Gasteiger partial charge on any atom is -0.369 e. The van der Waals surface area contributed by atoms with Gasteiger partial charge in [-0.3, -0.25) is 14.3 Å². The number of imidazole rings is 1. The lowest BCUT2D eigenvalue weighted by atomic mass is 10.2. The predicted octanol–water partition coefficient (Wildman–Crippen LogP) is -1.63. The standard InChI is InChI=1S/C10H15N6O5P/c11-10-14-8-7(9(17)15-10)13-3-16(8)5-1-12-2-6(5)21-4-22(18,19)20/h3,5-6,12H,1-2,4H2,(H2,18,19,20)(H3,11,14,15,17)/t5-,6+/m1/s1. The summed E-state index contributed by atoms with van der Waals surface area (Å²) in [6.45, 7) is 0.911. The smallest absolute Gasteiger partial charge is 0.350 e. The molecule has 0 aliphatic carbocycles. The van der Waals surface area contributed by atoms with E-state index in [-0.39, 0.29) is 17.5 Å². The lowest BCUT2D eigenvalue weighted by Gasteiger charge is -2.21. The molecule has 0 saturated carbocycles. The minimum atomic E-state index is -4.25. The van der Waals surface area contributed by atoms with Crippen molar-refractivity contribution in [3.8, 4) is 0 Å². The van der Waals surface area contributed by atoms with E-state index in [0.717, 1.165) is 0 Å². The van der Waals surface area contributed by atoms with Gasteiger partial charge in [-0.1, -0.05) is 0 Å². The van der Waals surface area contributed by atoms with Gasteiger partial charge in [0.25, 0.3) is 5.56 Å². The maximum atomic E-state index is 11.8. The first-order chi connectivity index (χ1) is 10.3. The molecule has 0 radical (unpaired) electrons. The Morgan fingerprint density at radius 1 is 1.50 bits per heavy atom. The summed E-state index contributed by atoms with van der Waals surface area (Å²) < 4.78 is 17.9. The van der Waals surface area contributed by atoms with Crippen LogP contribution in [-0.4, -0.2) is 54.8 Å². The number of nitrogens with one attached hydrogen (secondary N) is 2. The van der Waals surface area contributed by atoms with E-state index >= 15 is 0 Å². The summed E-state index contributed by atoms with van der Waals surface area (Å²) in [5.41, 5.74) is 5.55. The third kappa shape index (κ3) is 2.89. The normalized spacial score (nSPS) is 22.5. The molecule has 2 atom stereocenters. The first-order valence-electron chi connectivity index (χ1n) is 6.44. The van der Waals surface area contributed by atoms with Gasteiger partial charge in [-0.25, -0.2) is 4.98 Å². The van der Waals surface area contributed by atoms with Gasteiger partial charge < -0.3 is 30.1 Å². The number of nitrogens with two attached hydrogens (primary N) is 1. The van der Waals surface area contributed by atoms with Gasteiger partial charge in [0.05, 0.1) is 18.5 Å². The lowest BCUT2D eigenvalue weighted by Crippen LogP contribution is -2.26. The fourth-order valence-corrected chi connectivity index (χ4v) is 2.85. The number of H-pyrrole nitrogens is 1. The van der Waals surface area contributed by atoms with Crippen LogP contribution in [0.4, 0.5) is 5.95 Å². The van der Waals surface area contributed by atoms with Crippen LogP contribution in [0.5, 0.6) is 0 Å². The number of hydrogen-bond acceptors (Lipinski definition) is 7. The second kappa shape index (κ2) is 5.45. The fourth-order valence-electron chi connectivity index (χ4n) is 2.47. The lowest BCUT2D eigenvalue weighted by molar-refractivity contribution is 0.0625. The zero-order valence-electron chi connectivity index (χ0n) is 11.3. The maximum absolute atomic E-state index is 11.8. The number of hydrogen-bond donors (Lipinski definition) is 5. The van der Waals surface area contributed by atoms with Gasteiger partial charge in [-0.05, 0) is 0 Å². The van der Waals surface area contributed by atoms with Crippen LogP contribution in [-0.2, 0) is 9.30 Å². The number of nitrogen functional groups attached to an aromatic ring is 1. The Hall–Kier alpha value is -1.78. The molecule has 1 aliphatic rings. The van der Waals surface area contributed by atoms with Gasteiger partial charge in [0.1, 0.15) is 6.35 Å². The Morgan fingerprint density at radius 3 is 3.00 bits per heavy atom. The zero-order valence-corrected chi connectivity index (χ0v) is 12.2. The van der Waals surface area contributed by atoms with Gasteiger partial charge in [-0.2, -0.15) is 4.98 Å². The van der Waals surface area contributed by atoms with E-state index in [0.29, 0.717) is 18.7 Å². The number of ether oxygens (including phenoxy) is 1. The van der Waals surface area contributed by atoms with Crippen LogP contribution in [0, 0.1) is 0 Å². The van der Waals surface area contributed by atoms with Crippen molar-refractivity contribution in [2.24, 2.45) is 0 Å². The molecular formula is C10H15N6O5P. The van der Waals surface area contributed by atoms with Crippen molar-refractivity contribution in [1.29, 1.82) is 0 Å². The van der Waals surface area contributed by atoms with Crippen LogP contribution in [0.3, 0.4) is 0 Å². The number of aromatic amines is 1. The van der Waals surface area contributed by atoms with E-state index < -0.39 is 25.6 Å². The second-order valence-electron chi connectivity index (χ2n) is 5.00. The summed E-state index contributed by atoms with van der Waals surface area (Å²) in [6, 6.07) is -0.301. The molecule has 0 bridgehead atoms. The highest BCUT2D eigenvalue weighted by molar-refractivity contribution is 7.51. The largest absolute Gasteiger partial charge is 0.369 e. The van der Waals surface area contributed by atoms with E-state index in [1.807, 2.05) is 0 Å². The molecule has 2 aromatic rings. The Bertz CT molecular complexity index is 797. The third-order valence-electron chi connectivity index (χ3n) is 3.39. The molecule has 3 heterocycles. The van der Waals surface area contributed by atoms with Crippen LogP contribution >= 0.6 is 7.60 Å². The summed E-state index contributed by atoms with van der Waals surface area (Å²) in [7, 11) is -4.25. The summed E-state index contributed by atoms with van der Waals surface area (Å²) in [5, 5.41) is 3.07. The third-order valence-corrected chi connectivity index (χ3v) is 3.88. The Kier molecular flexibility index (Phi) is 3.75. The quantitative estimate of drug-likeness (QED) is 0.413. The maximum Gasteiger partial charge on any atom is 0.350 e. The molecule has 0 spiro atoms. The highest BCUT2D eigenvalue weighted by Gasteiger charge is 2.32. The van der Waals surface area contributed by atoms with Crippen molar-refractivity contribution >= 4 is 24.7 Å². The van der Waals surface area contributed by atoms with Crippen molar-refractivity contribution in [3.05, 3.63) is 16.7 Å². The van der Waals surface area contributed by atoms with Crippen LogP contribution in [0.25, 0.3) is 11.2 Å². The first-order valence-corrected chi connectivity index (χ1v) is 8.24. The molecule has 1 aliphatic heterocycles. The molecule has 6 N–H and O–H groups in total. The molecule has 1 saturated heterocycles. The molecule has 0 unspecified atom stereocenters. The van der Waals surface area contributed by atoms with Crippen molar-refractivity contribution in [1.82, 2.24) is 24.8 Å². The highest BCUT2D eigenvalue weighted by atomic mass is 31.2. The molecule has 1 fully saturated rings. The molecule has 12 heteroatoms. The Labute approximate surface area is 123 Å². The summed E-state index contributed by atoms with van der Waals surface area (Å²) >= 11 is 0. The predicted molar refractivity (Wildman–Crippen MR) is 76.3 cm³/mol. The van der Waals surface area contributed by atoms with Gasteiger partial charge in [0.15, 0.2) is 11.2 Å². The van der Waals surface area contributed by atoms with E-state index in [9.17, 15) is 9.36 Å². The average Bonchev–Trinajstić information content (AvgIpc) is 3.00. The van der Waals surface area contributed by atoms with E-state index in [1.165, 1.54) is 6.33 Å². The fraction of sp³-hybridized carbons (Fsp3) is 0.500. The van der Waals surface area contributed by atoms with Crippen molar-refractivity contribution in [2.45, 2.75) is 12.1 Å². The molecule has 22 heavy (non-hydrogen) atoms. The summed E-state index contributed by atoms with van der Waals surface area (Å²) in [4.78, 5) is 40.0. The monoisotopic (exact) mass is 330 g/mol. The average molecular weight is 330 g/mol. The van der Waals surface area contributed by atoms with E-state index in [4.69, 9.17) is 20.3 Å². The van der Waals surface area contributed by atoms with Crippen molar-refractivity contribution < 1.29 is 19.1 Å². The van der Waals surface area contributed by atoms with Crippen LogP contribution in [0.15, 0.2) is 11.1 Å². The molecule has 3 rings (SSSR count). The van der Waals surface area contributed by atoms with Crippen LogP contribution in [0.2, 0.25) is 0 Å².